The number of hydrogen-bond donors (Lipinski definition) is 1. The molecule has 0 bridgehead atoms. The van der Waals surface area contributed by atoms with Crippen molar-refractivity contribution in [3.05, 3.63) is 24.0 Å². The molecule has 0 aliphatic carbocycles. The highest BCUT2D eigenvalue weighted by molar-refractivity contribution is 5.97. The van der Waals surface area contributed by atoms with Crippen molar-refractivity contribution in [2.24, 2.45) is 0 Å². The lowest BCUT2D eigenvalue weighted by Gasteiger charge is -2.43. The number of anilines is 1. The van der Waals surface area contributed by atoms with Crippen molar-refractivity contribution in [2.75, 3.05) is 57.4 Å². The van der Waals surface area contributed by atoms with Gasteiger partial charge in [-0.3, -0.25) is 19.6 Å². The lowest BCUT2D eigenvalue weighted by atomic mass is 9.91. The van der Waals surface area contributed by atoms with Crippen molar-refractivity contribution in [1.82, 2.24) is 20.1 Å². The van der Waals surface area contributed by atoms with Crippen LogP contribution in [0.5, 0.6) is 0 Å². The Hall–Kier alpha value is -1.54. The number of rotatable bonds is 4. The molecule has 1 aromatic rings. The summed E-state index contributed by atoms with van der Waals surface area (Å²) in [4.78, 5) is 24.8. The molecule has 4 rings (SSSR count). The number of nitrogens with one attached hydrogen (secondary N) is 1. The van der Waals surface area contributed by atoms with Gasteiger partial charge < -0.3 is 15.0 Å². The van der Waals surface area contributed by atoms with Crippen LogP contribution in [0.25, 0.3) is 0 Å². The van der Waals surface area contributed by atoms with E-state index in [1.165, 1.54) is 0 Å². The molecule has 3 aliphatic rings. The molecule has 1 N–H and O–H groups in total. The maximum atomic E-state index is 13.4. The van der Waals surface area contributed by atoms with Gasteiger partial charge in [0.05, 0.1) is 31.1 Å². The molecule has 29 heavy (non-hydrogen) atoms. The molecular formula is C22H35N5O2. The van der Waals surface area contributed by atoms with Crippen LogP contribution in [0.1, 0.15) is 33.4 Å². The molecular weight excluding hydrogens is 366 g/mol. The van der Waals surface area contributed by atoms with Crippen molar-refractivity contribution in [3.8, 4) is 0 Å². The molecule has 4 heterocycles. The van der Waals surface area contributed by atoms with Gasteiger partial charge in [-0.1, -0.05) is 13.8 Å². The van der Waals surface area contributed by atoms with Gasteiger partial charge in [0.2, 0.25) is 5.91 Å². The Labute approximate surface area is 174 Å². The zero-order chi connectivity index (χ0) is 20.6. The topological polar surface area (TPSA) is 60.9 Å². The molecule has 0 spiro atoms. The molecule has 0 saturated carbocycles. The minimum Gasteiger partial charge on any atom is -0.379 e. The Morgan fingerprint density at radius 2 is 2.17 bits per heavy atom. The maximum absolute atomic E-state index is 13.4. The fourth-order valence-electron chi connectivity index (χ4n) is 4.88. The third kappa shape index (κ3) is 4.33. The number of piperazine rings is 1. The number of amides is 1. The van der Waals surface area contributed by atoms with Crippen LogP contribution >= 0.6 is 0 Å². The number of morpholine rings is 1. The fourth-order valence-corrected chi connectivity index (χ4v) is 4.88. The molecule has 1 amide bonds. The SMILES string of the molecule is CC1COCCN1C[C@H]1CN[C@H](C)CN1CC(=O)N1CC(C)(C)c2ncccc21. The molecule has 3 aliphatic heterocycles. The molecule has 1 aromatic heterocycles. The molecule has 7 heteroatoms. The minimum absolute atomic E-state index is 0.106. The number of ether oxygens (including phenoxy) is 1. The standard InChI is InChI=1S/C22H35N5O2/c1-16-11-26(18(10-24-16)12-25-8-9-29-14-17(25)2)13-20(28)27-15-22(3,4)21-19(27)6-5-7-23-21/h5-7,16-18,24H,8-15H2,1-4H3/t16-,17?,18-/m1/s1. The number of hydrogen-bond acceptors (Lipinski definition) is 6. The Morgan fingerprint density at radius 1 is 1.34 bits per heavy atom. The van der Waals surface area contributed by atoms with Crippen molar-refractivity contribution in [1.29, 1.82) is 0 Å². The lowest BCUT2D eigenvalue weighted by molar-refractivity contribution is -0.121. The van der Waals surface area contributed by atoms with E-state index in [2.05, 4.69) is 47.8 Å². The van der Waals surface area contributed by atoms with E-state index in [1.807, 2.05) is 23.2 Å². The predicted molar refractivity (Wildman–Crippen MR) is 114 cm³/mol. The van der Waals surface area contributed by atoms with Crippen LogP contribution in [0.4, 0.5) is 5.69 Å². The smallest absolute Gasteiger partial charge is 0.241 e. The Kier molecular flexibility index (Phi) is 5.93. The molecule has 2 saturated heterocycles. The second kappa shape index (κ2) is 8.30. The summed E-state index contributed by atoms with van der Waals surface area (Å²) in [5.41, 5.74) is 1.90. The first kappa shape index (κ1) is 20.7. The van der Waals surface area contributed by atoms with Crippen LogP contribution in [0.2, 0.25) is 0 Å². The van der Waals surface area contributed by atoms with Gasteiger partial charge in [-0.15, -0.1) is 0 Å². The lowest BCUT2D eigenvalue weighted by Crippen LogP contribution is -2.62. The predicted octanol–water partition coefficient (Wildman–Crippen LogP) is 1.09. The van der Waals surface area contributed by atoms with Gasteiger partial charge in [-0.2, -0.15) is 0 Å². The first-order chi connectivity index (χ1) is 13.8. The summed E-state index contributed by atoms with van der Waals surface area (Å²) in [5.74, 6) is 0.180. The van der Waals surface area contributed by atoms with Crippen LogP contribution in [0, 0.1) is 0 Å². The maximum Gasteiger partial charge on any atom is 0.241 e. The van der Waals surface area contributed by atoms with Gasteiger partial charge in [-0.05, 0) is 26.0 Å². The van der Waals surface area contributed by atoms with Gasteiger partial charge in [0.25, 0.3) is 0 Å². The Bertz CT molecular complexity index is 740. The Balaban J connectivity index is 1.46. The highest BCUT2D eigenvalue weighted by atomic mass is 16.5. The van der Waals surface area contributed by atoms with Crippen molar-refractivity contribution >= 4 is 11.6 Å². The molecule has 0 aromatic carbocycles. The summed E-state index contributed by atoms with van der Waals surface area (Å²) in [6.07, 6.45) is 1.83. The second-order valence-corrected chi connectivity index (χ2v) is 9.55. The molecule has 3 atom stereocenters. The highest BCUT2D eigenvalue weighted by Gasteiger charge is 2.40. The van der Waals surface area contributed by atoms with Crippen molar-refractivity contribution in [2.45, 2.75) is 51.2 Å². The Morgan fingerprint density at radius 3 is 2.97 bits per heavy atom. The van der Waals surface area contributed by atoms with Gasteiger partial charge in [0.15, 0.2) is 0 Å². The number of fused-ring (bicyclic) bond motifs is 1. The van der Waals surface area contributed by atoms with E-state index in [0.717, 1.165) is 50.8 Å². The highest BCUT2D eigenvalue weighted by Crippen LogP contribution is 2.38. The average Bonchev–Trinajstić information content (AvgIpc) is 2.97. The monoisotopic (exact) mass is 401 g/mol. The third-order valence-electron chi connectivity index (χ3n) is 6.59. The normalized spacial score (nSPS) is 30.3. The van der Waals surface area contributed by atoms with Gasteiger partial charge >= 0.3 is 0 Å². The molecule has 0 radical (unpaired) electrons. The summed E-state index contributed by atoms with van der Waals surface area (Å²) >= 11 is 0. The number of carbonyl (C=O) groups excluding carboxylic acids is 1. The zero-order valence-electron chi connectivity index (χ0n) is 18.2. The van der Waals surface area contributed by atoms with Gasteiger partial charge in [-0.25, -0.2) is 0 Å². The van der Waals surface area contributed by atoms with E-state index in [4.69, 9.17) is 4.74 Å². The van der Waals surface area contributed by atoms with E-state index in [9.17, 15) is 4.79 Å². The molecule has 2 fully saturated rings. The van der Waals surface area contributed by atoms with Gasteiger partial charge in [0, 0.05) is 62.5 Å². The quantitative estimate of drug-likeness (QED) is 0.815. The van der Waals surface area contributed by atoms with Crippen molar-refractivity contribution in [3.63, 3.8) is 0 Å². The summed E-state index contributed by atoms with van der Waals surface area (Å²) in [7, 11) is 0. The number of carbonyl (C=O) groups is 1. The van der Waals surface area contributed by atoms with E-state index in [-0.39, 0.29) is 11.3 Å². The summed E-state index contributed by atoms with van der Waals surface area (Å²) in [6, 6.07) is 5.11. The molecule has 1 unspecified atom stereocenters. The fraction of sp³-hybridized carbons (Fsp3) is 0.727. The number of pyridine rings is 1. The third-order valence-corrected chi connectivity index (χ3v) is 6.59. The van der Waals surface area contributed by atoms with E-state index in [0.29, 0.717) is 31.2 Å². The average molecular weight is 402 g/mol. The zero-order valence-corrected chi connectivity index (χ0v) is 18.2. The summed E-state index contributed by atoms with van der Waals surface area (Å²) in [6.45, 7) is 15.3. The van der Waals surface area contributed by atoms with Crippen molar-refractivity contribution < 1.29 is 9.53 Å². The van der Waals surface area contributed by atoms with Crippen LogP contribution in [0.15, 0.2) is 18.3 Å². The minimum atomic E-state index is -0.106. The number of nitrogens with zero attached hydrogens (tertiary/aromatic N) is 4. The summed E-state index contributed by atoms with van der Waals surface area (Å²) < 4.78 is 5.59. The van der Waals surface area contributed by atoms with Crippen LogP contribution in [-0.4, -0.2) is 91.3 Å². The van der Waals surface area contributed by atoms with E-state index < -0.39 is 0 Å². The van der Waals surface area contributed by atoms with Crippen LogP contribution in [-0.2, 0) is 14.9 Å². The van der Waals surface area contributed by atoms with E-state index in [1.54, 1.807) is 0 Å². The second-order valence-electron chi connectivity index (χ2n) is 9.55. The molecule has 160 valence electrons. The largest absolute Gasteiger partial charge is 0.379 e. The number of aromatic nitrogens is 1. The molecule has 7 nitrogen and oxygen atoms in total. The van der Waals surface area contributed by atoms with Crippen LogP contribution in [0.3, 0.4) is 0 Å². The van der Waals surface area contributed by atoms with Gasteiger partial charge in [0.1, 0.15) is 0 Å². The first-order valence-electron chi connectivity index (χ1n) is 10.9. The summed E-state index contributed by atoms with van der Waals surface area (Å²) in [5, 5.41) is 3.60. The first-order valence-corrected chi connectivity index (χ1v) is 10.9. The van der Waals surface area contributed by atoms with E-state index >= 15 is 0 Å². The van der Waals surface area contributed by atoms with Crippen LogP contribution < -0.4 is 10.2 Å².